The molecule has 0 spiro atoms. The molecule has 0 saturated carbocycles. The fraction of sp³-hybridized carbons (Fsp3) is 0.348. The first kappa shape index (κ1) is 21.2. The third kappa shape index (κ3) is 3.08. The maximum Gasteiger partial charge on any atom is 0.416 e. The van der Waals surface area contributed by atoms with E-state index in [9.17, 15) is 27.6 Å². The summed E-state index contributed by atoms with van der Waals surface area (Å²) >= 11 is 6.22. The predicted octanol–water partition coefficient (Wildman–Crippen LogP) is 4.19. The lowest BCUT2D eigenvalue weighted by atomic mass is 9.85. The number of ketones is 1. The molecule has 2 amide bonds. The van der Waals surface area contributed by atoms with Crippen LogP contribution in [0.1, 0.15) is 28.8 Å². The Kier molecular flexibility index (Phi) is 4.90. The van der Waals surface area contributed by atoms with Gasteiger partial charge in [0.05, 0.1) is 34.2 Å². The van der Waals surface area contributed by atoms with Gasteiger partial charge in [-0.2, -0.15) is 13.2 Å². The summed E-state index contributed by atoms with van der Waals surface area (Å²) in [4.78, 5) is 43.0. The molecule has 3 fully saturated rings. The Bertz CT molecular complexity index is 1140. The van der Waals surface area contributed by atoms with Crippen molar-refractivity contribution in [3.05, 3.63) is 64.7 Å². The predicted molar refractivity (Wildman–Crippen MR) is 110 cm³/mol. The first-order valence-corrected chi connectivity index (χ1v) is 10.7. The number of amides is 2. The van der Waals surface area contributed by atoms with E-state index in [0.717, 1.165) is 23.5 Å². The van der Waals surface area contributed by atoms with E-state index in [0.29, 0.717) is 13.0 Å². The topological polar surface area (TPSA) is 57.7 Å². The summed E-state index contributed by atoms with van der Waals surface area (Å²) in [6.45, 7) is 0.572. The van der Waals surface area contributed by atoms with Crippen molar-refractivity contribution in [2.45, 2.75) is 31.1 Å². The molecule has 4 atom stereocenters. The molecule has 5 nitrogen and oxygen atoms in total. The summed E-state index contributed by atoms with van der Waals surface area (Å²) in [5, 5.41) is 0.253. The molecule has 0 radical (unpaired) electrons. The first-order chi connectivity index (χ1) is 15.2. The van der Waals surface area contributed by atoms with Gasteiger partial charge in [0.25, 0.3) is 0 Å². The average molecular weight is 463 g/mol. The average Bonchev–Trinajstić information content (AvgIpc) is 3.39. The van der Waals surface area contributed by atoms with Crippen LogP contribution >= 0.6 is 11.6 Å². The second-order valence-electron chi connectivity index (χ2n) is 8.35. The molecule has 166 valence electrons. The molecule has 0 N–H and O–H groups in total. The molecule has 0 bridgehead atoms. The summed E-state index contributed by atoms with van der Waals surface area (Å²) < 4.78 is 39.6. The van der Waals surface area contributed by atoms with Crippen molar-refractivity contribution in [3.8, 4) is 0 Å². The molecule has 3 heterocycles. The number of benzene rings is 2. The Labute approximate surface area is 186 Å². The number of halogens is 4. The Hall–Kier alpha value is -2.71. The second kappa shape index (κ2) is 7.42. The number of anilines is 1. The van der Waals surface area contributed by atoms with Gasteiger partial charge in [0, 0.05) is 11.6 Å². The van der Waals surface area contributed by atoms with E-state index in [-0.39, 0.29) is 28.1 Å². The maximum absolute atomic E-state index is 13.5. The molecular formula is C23H18ClF3N2O3. The van der Waals surface area contributed by atoms with Crippen molar-refractivity contribution in [1.29, 1.82) is 0 Å². The highest BCUT2D eigenvalue weighted by atomic mass is 35.5. The maximum atomic E-state index is 13.5. The fourth-order valence-corrected chi connectivity index (χ4v) is 5.64. The quantitative estimate of drug-likeness (QED) is 0.507. The third-order valence-electron chi connectivity index (χ3n) is 6.69. The Morgan fingerprint density at radius 3 is 2.44 bits per heavy atom. The van der Waals surface area contributed by atoms with Gasteiger partial charge in [-0.05, 0) is 49.7 Å². The lowest BCUT2D eigenvalue weighted by Gasteiger charge is -2.28. The number of hydrogen-bond acceptors (Lipinski definition) is 4. The Balaban J connectivity index is 1.56. The highest BCUT2D eigenvalue weighted by Crippen LogP contribution is 2.49. The van der Waals surface area contributed by atoms with Crippen molar-refractivity contribution in [2.75, 3.05) is 11.4 Å². The zero-order valence-electron chi connectivity index (χ0n) is 16.7. The van der Waals surface area contributed by atoms with Crippen molar-refractivity contribution in [2.24, 2.45) is 11.8 Å². The van der Waals surface area contributed by atoms with E-state index in [1.165, 1.54) is 12.1 Å². The molecule has 9 heteroatoms. The van der Waals surface area contributed by atoms with Crippen LogP contribution in [0.5, 0.6) is 0 Å². The van der Waals surface area contributed by atoms with E-state index in [1.807, 2.05) is 4.90 Å². The van der Waals surface area contributed by atoms with Crippen LogP contribution in [0.3, 0.4) is 0 Å². The van der Waals surface area contributed by atoms with Crippen LogP contribution in [0.4, 0.5) is 18.9 Å². The van der Waals surface area contributed by atoms with Crippen LogP contribution < -0.4 is 4.90 Å². The van der Waals surface area contributed by atoms with Gasteiger partial charge < -0.3 is 0 Å². The highest BCUT2D eigenvalue weighted by molar-refractivity contribution is 6.34. The SMILES string of the molecule is O=C(c1ccccc1Cl)C1C2C(=O)N(c3cccc(C(F)(F)F)c3)C(=O)C2C2CCCN21. The van der Waals surface area contributed by atoms with Crippen LogP contribution in [-0.2, 0) is 15.8 Å². The van der Waals surface area contributed by atoms with Gasteiger partial charge in [-0.25, -0.2) is 4.90 Å². The highest BCUT2D eigenvalue weighted by Gasteiger charge is 2.64. The van der Waals surface area contributed by atoms with E-state index in [4.69, 9.17) is 11.6 Å². The van der Waals surface area contributed by atoms with Crippen LogP contribution in [0, 0.1) is 11.8 Å². The van der Waals surface area contributed by atoms with E-state index >= 15 is 0 Å². The van der Waals surface area contributed by atoms with Gasteiger partial charge >= 0.3 is 6.18 Å². The van der Waals surface area contributed by atoms with E-state index in [2.05, 4.69) is 0 Å². The number of hydrogen-bond donors (Lipinski definition) is 0. The van der Waals surface area contributed by atoms with Gasteiger partial charge in [0.15, 0.2) is 5.78 Å². The molecule has 3 aliphatic heterocycles. The minimum Gasteiger partial charge on any atom is -0.292 e. The van der Waals surface area contributed by atoms with Gasteiger partial charge in [-0.1, -0.05) is 29.8 Å². The normalized spacial score (nSPS) is 27.7. The zero-order chi connectivity index (χ0) is 22.8. The molecule has 2 aromatic rings. The number of fused-ring (bicyclic) bond motifs is 3. The minimum atomic E-state index is -4.61. The smallest absolute Gasteiger partial charge is 0.292 e. The zero-order valence-corrected chi connectivity index (χ0v) is 17.4. The third-order valence-corrected chi connectivity index (χ3v) is 7.02. The molecule has 0 aliphatic carbocycles. The summed E-state index contributed by atoms with van der Waals surface area (Å²) in [7, 11) is 0. The van der Waals surface area contributed by atoms with E-state index < -0.39 is 41.4 Å². The molecule has 5 rings (SSSR count). The first-order valence-electron chi connectivity index (χ1n) is 10.3. The van der Waals surface area contributed by atoms with Crippen molar-refractivity contribution < 1.29 is 27.6 Å². The van der Waals surface area contributed by atoms with Crippen LogP contribution in [0.15, 0.2) is 48.5 Å². The number of carbonyl (C=O) groups excluding carboxylic acids is 3. The van der Waals surface area contributed by atoms with E-state index in [1.54, 1.807) is 24.3 Å². The van der Waals surface area contributed by atoms with Gasteiger partial charge in [-0.3, -0.25) is 19.3 Å². The number of alkyl halides is 3. The number of carbonyl (C=O) groups is 3. The molecule has 3 saturated heterocycles. The van der Waals surface area contributed by atoms with Crippen molar-refractivity contribution in [1.82, 2.24) is 4.90 Å². The molecule has 0 aromatic heterocycles. The lowest BCUT2D eigenvalue weighted by molar-refractivity contribution is -0.137. The monoisotopic (exact) mass is 462 g/mol. The number of nitrogens with zero attached hydrogens (tertiary/aromatic N) is 2. The Morgan fingerprint density at radius 1 is 1.00 bits per heavy atom. The standard InChI is InChI=1S/C23H18ClF3N2O3/c24-15-8-2-1-7-14(15)20(30)19-18-17(16-9-4-10-28(16)19)21(31)29(22(18)32)13-6-3-5-12(11-13)23(25,26)27/h1-3,5-8,11,16-19H,4,9-10H2. The minimum absolute atomic E-state index is 0.127. The summed E-state index contributed by atoms with van der Waals surface area (Å²) in [5.74, 6) is -3.26. The lowest BCUT2D eigenvalue weighted by Crippen LogP contribution is -2.46. The molecular weight excluding hydrogens is 445 g/mol. The molecule has 3 aliphatic rings. The summed E-state index contributed by atoms with van der Waals surface area (Å²) in [6, 6.07) is 9.51. The van der Waals surface area contributed by atoms with Crippen molar-refractivity contribution >= 4 is 34.9 Å². The van der Waals surface area contributed by atoms with Crippen LogP contribution in [-0.4, -0.2) is 41.1 Å². The molecule has 2 aromatic carbocycles. The van der Waals surface area contributed by atoms with Gasteiger partial charge in [0.2, 0.25) is 11.8 Å². The second-order valence-corrected chi connectivity index (χ2v) is 8.76. The van der Waals surface area contributed by atoms with Crippen LogP contribution in [0.2, 0.25) is 5.02 Å². The number of Topliss-reactive ketones (excluding diaryl/α,β-unsaturated/α-hetero) is 1. The molecule has 4 unspecified atom stereocenters. The number of rotatable bonds is 3. The summed E-state index contributed by atoms with van der Waals surface area (Å²) in [6.07, 6.45) is -3.20. The number of imide groups is 1. The molecule has 32 heavy (non-hydrogen) atoms. The summed E-state index contributed by atoms with van der Waals surface area (Å²) in [5.41, 5.74) is -0.806. The van der Waals surface area contributed by atoms with Gasteiger partial charge in [-0.15, -0.1) is 0 Å². The fourth-order valence-electron chi connectivity index (χ4n) is 5.41. The Morgan fingerprint density at radius 2 is 1.72 bits per heavy atom. The van der Waals surface area contributed by atoms with Crippen LogP contribution in [0.25, 0.3) is 0 Å². The van der Waals surface area contributed by atoms with Crippen molar-refractivity contribution in [3.63, 3.8) is 0 Å². The van der Waals surface area contributed by atoms with Gasteiger partial charge in [0.1, 0.15) is 0 Å². The largest absolute Gasteiger partial charge is 0.416 e.